The maximum Gasteiger partial charge on any atom is 0.559 e. The van der Waals surface area contributed by atoms with E-state index in [2.05, 4.69) is 0 Å². The summed E-state index contributed by atoms with van der Waals surface area (Å²) in [6.45, 7) is 0. The van der Waals surface area contributed by atoms with Gasteiger partial charge in [0.05, 0.1) is 0 Å². The van der Waals surface area contributed by atoms with Crippen molar-refractivity contribution in [3.05, 3.63) is 0 Å². The van der Waals surface area contributed by atoms with Crippen LogP contribution < -0.4 is 0 Å². The summed E-state index contributed by atoms with van der Waals surface area (Å²) < 4.78 is 17.4. The van der Waals surface area contributed by atoms with Gasteiger partial charge >= 0.3 is 19.4 Å². The number of hydrogen-bond acceptors (Lipinski definition) is 2. The van der Waals surface area contributed by atoms with Gasteiger partial charge in [-0.05, 0) is 27.8 Å². The average molecular weight is 228 g/mol. The molecule has 0 bridgehead atoms. The Hall–Kier alpha value is 0.790. The minimum Gasteiger partial charge on any atom is -0.319 e. The Kier molecular flexibility index (Phi) is 3.27. The van der Waals surface area contributed by atoms with E-state index in [1.54, 1.807) is 0 Å². The summed E-state index contributed by atoms with van der Waals surface area (Å²) in [6.07, 6.45) is 0. The molecule has 0 spiro atoms. The maximum atomic E-state index is 10.2. The van der Waals surface area contributed by atoms with E-state index in [1.165, 1.54) is 0 Å². The molecule has 0 aliphatic carbocycles. The first-order chi connectivity index (χ1) is 4.19. The fourth-order valence-corrected chi connectivity index (χ4v) is 1.00. The Labute approximate surface area is 67.0 Å². The Morgan fingerprint density at radius 1 is 1.40 bits per heavy atom. The van der Waals surface area contributed by atoms with E-state index in [0.717, 1.165) is 0 Å². The van der Waals surface area contributed by atoms with Gasteiger partial charge in [-0.3, -0.25) is 4.57 Å². The standard InChI is InChI=1S/CH2Cl2O5P2/c2-1(3,9(4)5)10(6,7)8/h(H2-,4,5,6,7,8)/p+1. The Morgan fingerprint density at radius 2 is 1.70 bits per heavy atom. The van der Waals surface area contributed by atoms with Gasteiger partial charge in [0.1, 0.15) is 0 Å². The fourth-order valence-electron chi connectivity index (χ4n) is 0.111. The number of halogens is 2. The normalized spacial score (nSPS) is 15.1. The van der Waals surface area contributed by atoms with Crippen LogP contribution in [0.2, 0.25) is 0 Å². The summed E-state index contributed by atoms with van der Waals surface area (Å²) in [5.74, 6) is 0. The van der Waals surface area contributed by atoms with Crippen molar-refractivity contribution in [2.24, 2.45) is 0 Å². The summed E-state index contributed by atoms with van der Waals surface area (Å²) in [6, 6.07) is 0. The lowest BCUT2D eigenvalue weighted by molar-refractivity contribution is 0.370. The van der Waals surface area contributed by atoms with Crippen molar-refractivity contribution in [1.29, 1.82) is 0 Å². The van der Waals surface area contributed by atoms with Gasteiger partial charge in [0, 0.05) is 0 Å². The highest BCUT2D eigenvalue weighted by Gasteiger charge is 2.62. The lowest BCUT2D eigenvalue weighted by Crippen LogP contribution is -2.06. The zero-order chi connectivity index (χ0) is 8.58. The Morgan fingerprint density at radius 3 is 1.70 bits per heavy atom. The summed E-state index contributed by atoms with van der Waals surface area (Å²) in [5, 5.41) is 0. The van der Waals surface area contributed by atoms with Crippen LogP contribution in [0.1, 0.15) is 0 Å². The zero-order valence-corrected chi connectivity index (χ0v) is 7.61. The van der Waals surface area contributed by atoms with Crippen LogP contribution in [0.15, 0.2) is 0 Å². The van der Waals surface area contributed by atoms with E-state index in [-0.39, 0.29) is 0 Å². The third kappa shape index (κ3) is 2.14. The molecule has 0 saturated carbocycles. The van der Waals surface area contributed by atoms with Crippen LogP contribution in [0.4, 0.5) is 0 Å². The van der Waals surface area contributed by atoms with Crippen LogP contribution in [0.5, 0.6) is 0 Å². The summed E-state index contributed by atoms with van der Waals surface area (Å²) in [5.41, 5.74) is 0. The fraction of sp³-hybridized carbons (Fsp3) is 1.00. The third-order valence-electron chi connectivity index (χ3n) is 0.581. The molecular formula is CH3Cl2O5P2+. The van der Waals surface area contributed by atoms with Crippen molar-refractivity contribution < 1.29 is 23.8 Å². The Balaban J connectivity index is 4.75. The summed E-state index contributed by atoms with van der Waals surface area (Å²) in [7, 11) is -8.24. The monoisotopic (exact) mass is 227 g/mol. The van der Waals surface area contributed by atoms with Crippen molar-refractivity contribution in [3.8, 4) is 0 Å². The second kappa shape index (κ2) is 3.03. The quantitative estimate of drug-likeness (QED) is 0.483. The third-order valence-corrected chi connectivity index (χ3v) is 5.23. The van der Waals surface area contributed by atoms with Gasteiger partial charge in [0.25, 0.3) is 0 Å². The highest BCUT2D eigenvalue weighted by molar-refractivity contribution is 7.73. The molecule has 0 amide bonds. The minimum absolute atomic E-state index is 2.89. The smallest absolute Gasteiger partial charge is 0.319 e. The molecule has 0 fully saturated rings. The molecule has 0 saturated heterocycles. The van der Waals surface area contributed by atoms with Crippen LogP contribution in [0.25, 0.3) is 0 Å². The van der Waals surface area contributed by atoms with Crippen molar-refractivity contribution in [1.82, 2.24) is 0 Å². The minimum atomic E-state index is -4.93. The molecule has 5 nitrogen and oxygen atoms in total. The lowest BCUT2D eigenvalue weighted by atomic mass is 11.8. The SMILES string of the molecule is O=[P+](O)C(Cl)(Cl)P(=O)(O)O. The molecule has 0 heterocycles. The van der Waals surface area contributed by atoms with Gasteiger partial charge in [-0.25, -0.2) is 0 Å². The molecule has 0 radical (unpaired) electrons. The van der Waals surface area contributed by atoms with Crippen molar-refractivity contribution in [3.63, 3.8) is 0 Å². The van der Waals surface area contributed by atoms with Gasteiger partial charge < -0.3 is 9.79 Å². The van der Waals surface area contributed by atoms with Gasteiger partial charge in [0.2, 0.25) is 0 Å². The first-order valence-electron chi connectivity index (χ1n) is 1.79. The van der Waals surface area contributed by atoms with Crippen LogP contribution >= 0.6 is 38.8 Å². The average Bonchev–Trinajstić information content (AvgIpc) is 1.62. The predicted octanol–water partition coefficient (Wildman–Crippen LogP) is 0.988. The van der Waals surface area contributed by atoms with Crippen LogP contribution in [0.3, 0.4) is 0 Å². The number of alkyl halides is 2. The zero-order valence-electron chi connectivity index (χ0n) is 4.31. The molecule has 0 aliphatic heterocycles. The maximum absolute atomic E-state index is 10.2. The van der Waals surface area contributed by atoms with E-state index < -0.39 is 19.4 Å². The molecule has 60 valence electrons. The van der Waals surface area contributed by atoms with E-state index in [1.807, 2.05) is 0 Å². The molecule has 0 aromatic heterocycles. The van der Waals surface area contributed by atoms with Crippen LogP contribution in [-0.2, 0) is 9.13 Å². The summed E-state index contributed by atoms with van der Waals surface area (Å²) >= 11 is 9.63. The molecule has 0 aromatic rings. The van der Waals surface area contributed by atoms with E-state index in [4.69, 9.17) is 37.9 Å². The van der Waals surface area contributed by atoms with E-state index in [0.29, 0.717) is 0 Å². The van der Waals surface area contributed by atoms with E-state index in [9.17, 15) is 9.13 Å². The number of rotatable bonds is 2. The molecule has 0 aromatic carbocycles. The largest absolute Gasteiger partial charge is 0.559 e. The second-order valence-electron chi connectivity index (χ2n) is 1.33. The lowest BCUT2D eigenvalue weighted by Gasteiger charge is -2.05. The first kappa shape index (κ1) is 10.8. The molecule has 1 unspecified atom stereocenters. The molecule has 1 atom stereocenters. The topological polar surface area (TPSA) is 94.8 Å². The van der Waals surface area contributed by atoms with Gasteiger partial charge in [-0.2, -0.15) is 4.89 Å². The Bertz CT molecular complexity index is 194. The van der Waals surface area contributed by atoms with Gasteiger partial charge in [0.15, 0.2) is 0 Å². The molecule has 0 rings (SSSR count). The predicted molar refractivity (Wildman–Crippen MR) is 36.3 cm³/mol. The van der Waals surface area contributed by atoms with Crippen LogP contribution in [-0.4, -0.2) is 18.5 Å². The van der Waals surface area contributed by atoms with E-state index >= 15 is 0 Å². The van der Waals surface area contributed by atoms with Crippen LogP contribution in [0, 0.1) is 0 Å². The molecule has 3 N–H and O–H groups in total. The molecule has 9 heteroatoms. The molecular weight excluding hydrogens is 225 g/mol. The van der Waals surface area contributed by atoms with Gasteiger partial charge in [-0.15, -0.1) is 0 Å². The highest BCUT2D eigenvalue weighted by atomic mass is 35.5. The molecule has 10 heavy (non-hydrogen) atoms. The summed E-state index contributed by atoms with van der Waals surface area (Å²) in [4.78, 5) is 24.6. The van der Waals surface area contributed by atoms with Crippen molar-refractivity contribution >= 4 is 38.8 Å². The highest BCUT2D eigenvalue weighted by Crippen LogP contribution is 2.66. The first-order valence-corrected chi connectivity index (χ1v) is 5.37. The van der Waals surface area contributed by atoms with Crippen molar-refractivity contribution in [2.75, 3.05) is 0 Å². The molecule has 0 aliphatic rings. The van der Waals surface area contributed by atoms with Gasteiger partial charge in [-0.1, -0.05) is 0 Å². The number of hydrogen-bond donors (Lipinski definition) is 3. The van der Waals surface area contributed by atoms with Crippen molar-refractivity contribution in [2.45, 2.75) is 3.82 Å². The second-order valence-corrected chi connectivity index (χ2v) is 7.04.